The molecule has 0 radical (unpaired) electrons. The molecular formula is C17H20N2O. The minimum absolute atomic E-state index is 0.0163. The average Bonchev–Trinajstić information content (AvgIpc) is 2.53. The Morgan fingerprint density at radius 1 is 0.950 bits per heavy atom. The van der Waals surface area contributed by atoms with Gasteiger partial charge in [0.25, 0.3) is 0 Å². The number of rotatable bonds is 4. The molecule has 3 nitrogen and oxygen atoms in total. The van der Waals surface area contributed by atoms with Gasteiger partial charge >= 0.3 is 6.03 Å². The zero-order valence-electron chi connectivity index (χ0n) is 12.0. The van der Waals surface area contributed by atoms with Crippen molar-refractivity contribution in [3.8, 4) is 0 Å². The van der Waals surface area contributed by atoms with Gasteiger partial charge in [-0.1, -0.05) is 48.5 Å². The van der Waals surface area contributed by atoms with Crippen LogP contribution in [0.15, 0.2) is 60.7 Å². The van der Waals surface area contributed by atoms with E-state index in [-0.39, 0.29) is 6.03 Å². The molecule has 0 saturated carbocycles. The van der Waals surface area contributed by atoms with Gasteiger partial charge in [-0.15, -0.1) is 0 Å². The van der Waals surface area contributed by atoms with Crippen LogP contribution in [-0.2, 0) is 6.54 Å². The molecule has 104 valence electrons. The third-order valence-corrected chi connectivity index (χ3v) is 3.30. The number of nitrogens with zero attached hydrogens (tertiary/aromatic N) is 2. The standard InChI is InChI=1S/C17H20N2O/c1-3-19(14-15-10-6-4-7-11-15)17(20)18(2)16-12-8-5-9-13-16/h4-13H,3,14H2,1-2H3. The molecule has 0 aliphatic rings. The number of hydrogen-bond donors (Lipinski definition) is 0. The predicted octanol–water partition coefficient (Wildman–Crippen LogP) is 3.76. The number of anilines is 1. The fourth-order valence-electron chi connectivity index (χ4n) is 2.09. The molecule has 0 aliphatic heterocycles. The minimum atomic E-state index is 0.0163. The van der Waals surface area contributed by atoms with Gasteiger partial charge in [-0.2, -0.15) is 0 Å². The highest BCUT2D eigenvalue weighted by molar-refractivity contribution is 5.91. The Kier molecular flexibility index (Phi) is 4.77. The summed E-state index contributed by atoms with van der Waals surface area (Å²) in [4.78, 5) is 16.1. The Bertz CT molecular complexity index is 539. The second-order valence-electron chi connectivity index (χ2n) is 4.68. The van der Waals surface area contributed by atoms with E-state index in [1.165, 1.54) is 0 Å². The number of hydrogen-bond acceptors (Lipinski definition) is 1. The molecule has 2 rings (SSSR count). The SMILES string of the molecule is CCN(Cc1ccccc1)C(=O)N(C)c1ccccc1. The molecule has 0 spiro atoms. The van der Waals surface area contributed by atoms with Crippen molar-refractivity contribution < 1.29 is 4.79 Å². The number of urea groups is 1. The Hall–Kier alpha value is -2.29. The second kappa shape index (κ2) is 6.75. The molecule has 2 aromatic carbocycles. The van der Waals surface area contributed by atoms with E-state index in [9.17, 15) is 4.79 Å². The molecule has 0 unspecified atom stereocenters. The molecule has 2 amide bonds. The van der Waals surface area contributed by atoms with Crippen LogP contribution in [0.5, 0.6) is 0 Å². The van der Waals surface area contributed by atoms with Crippen LogP contribution in [0.2, 0.25) is 0 Å². The summed E-state index contributed by atoms with van der Waals surface area (Å²) in [6, 6.07) is 19.8. The van der Waals surface area contributed by atoms with Gasteiger partial charge in [-0.3, -0.25) is 4.90 Å². The number of para-hydroxylation sites is 1. The highest BCUT2D eigenvalue weighted by Crippen LogP contribution is 2.14. The van der Waals surface area contributed by atoms with E-state index < -0.39 is 0 Å². The highest BCUT2D eigenvalue weighted by Gasteiger charge is 2.17. The summed E-state index contributed by atoms with van der Waals surface area (Å²) in [7, 11) is 1.81. The van der Waals surface area contributed by atoms with E-state index in [0.29, 0.717) is 13.1 Å². The van der Waals surface area contributed by atoms with Gasteiger partial charge in [-0.05, 0) is 24.6 Å². The van der Waals surface area contributed by atoms with Crippen molar-refractivity contribution in [3.63, 3.8) is 0 Å². The Labute approximate surface area is 120 Å². The molecule has 0 bridgehead atoms. The number of carbonyl (C=O) groups is 1. The van der Waals surface area contributed by atoms with Crippen LogP contribution >= 0.6 is 0 Å². The maximum atomic E-state index is 12.5. The Morgan fingerprint density at radius 3 is 2.05 bits per heavy atom. The fraction of sp³-hybridized carbons (Fsp3) is 0.235. The van der Waals surface area contributed by atoms with Crippen molar-refractivity contribution in [1.82, 2.24) is 4.90 Å². The first-order chi connectivity index (χ1) is 9.72. The molecule has 0 N–H and O–H groups in total. The summed E-state index contributed by atoms with van der Waals surface area (Å²) in [5, 5.41) is 0. The van der Waals surface area contributed by atoms with Gasteiger partial charge in [0, 0.05) is 25.8 Å². The van der Waals surface area contributed by atoms with Crippen LogP contribution in [0.4, 0.5) is 10.5 Å². The van der Waals surface area contributed by atoms with Crippen molar-refractivity contribution in [2.45, 2.75) is 13.5 Å². The first kappa shape index (κ1) is 14.1. The van der Waals surface area contributed by atoms with E-state index in [0.717, 1.165) is 11.3 Å². The van der Waals surface area contributed by atoms with Gasteiger partial charge in [0.2, 0.25) is 0 Å². The number of carbonyl (C=O) groups excluding carboxylic acids is 1. The largest absolute Gasteiger partial charge is 0.324 e. The van der Waals surface area contributed by atoms with E-state index in [2.05, 4.69) is 0 Å². The third-order valence-electron chi connectivity index (χ3n) is 3.30. The summed E-state index contributed by atoms with van der Waals surface area (Å²) >= 11 is 0. The van der Waals surface area contributed by atoms with Crippen molar-refractivity contribution >= 4 is 11.7 Å². The molecule has 0 fully saturated rings. The minimum Gasteiger partial charge on any atom is -0.320 e. The quantitative estimate of drug-likeness (QED) is 0.828. The molecule has 0 heterocycles. The lowest BCUT2D eigenvalue weighted by molar-refractivity contribution is 0.206. The van der Waals surface area contributed by atoms with E-state index in [1.807, 2.05) is 79.5 Å². The molecule has 0 aliphatic carbocycles. The van der Waals surface area contributed by atoms with Crippen LogP contribution in [0.25, 0.3) is 0 Å². The van der Waals surface area contributed by atoms with Crippen LogP contribution in [0.1, 0.15) is 12.5 Å². The first-order valence-electron chi connectivity index (χ1n) is 6.84. The zero-order chi connectivity index (χ0) is 14.4. The normalized spacial score (nSPS) is 10.1. The summed E-state index contributed by atoms with van der Waals surface area (Å²) in [5.41, 5.74) is 2.05. The molecule has 20 heavy (non-hydrogen) atoms. The number of amides is 2. The Balaban J connectivity index is 2.09. The van der Waals surface area contributed by atoms with Crippen LogP contribution in [0, 0.1) is 0 Å². The van der Waals surface area contributed by atoms with E-state index >= 15 is 0 Å². The van der Waals surface area contributed by atoms with Crippen molar-refractivity contribution in [2.24, 2.45) is 0 Å². The maximum absolute atomic E-state index is 12.5. The number of benzene rings is 2. The summed E-state index contributed by atoms with van der Waals surface area (Å²) in [5.74, 6) is 0. The van der Waals surface area contributed by atoms with Crippen molar-refractivity contribution in [2.75, 3.05) is 18.5 Å². The third kappa shape index (κ3) is 3.38. The topological polar surface area (TPSA) is 23.6 Å². The van der Waals surface area contributed by atoms with Crippen LogP contribution in [0.3, 0.4) is 0 Å². The van der Waals surface area contributed by atoms with Crippen molar-refractivity contribution in [3.05, 3.63) is 66.2 Å². The monoisotopic (exact) mass is 268 g/mol. The average molecular weight is 268 g/mol. The van der Waals surface area contributed by atoms with E-state index in [4.69, 9.17) is 0 Å². The van der Waals surface area contributed by atoms with Crippen molar-refractivity contribution in [1.29, 1.82) is 0 Å². The van der Waals surface area contributed by atoms with Crippen LogP contribution < -0.4 is 4.90 Å². The molecule has 2 aromatic rings. The van der Waals surface area contributed by atoms with Gasteiger partial charge in [-0.25, -0.2) is 4.79 Å². The lowest BCUT2D eigenvalue weighted by atomic mass is 10.2. The highest BCUT2D eigenvalue weighted by atomic mass is 16.2. The summed E-state index contributed by atoms with van der Waals surface area (Å²) in [6.45, 7) is 3.32. The lowest BCUT2D eigenvalue weighted by Crippen LogP contribution is -2.40. The molecular weight excluding hydrogens is 248 g/mol. The van der Waals surface area contributed by atoms with Gasteiger partial charge in [0.1, 0.15) is 0 Å². The smallest absolute Gasteiger partial charge is 0.320 e. The lowest BCUT2D eigenvalue weighted by Gasteiger charge is -2.27. The van der Waals surface area contributed by atoms with Gasteiger partial charge in [0.05, 0.1) is 0 Å². The summed E-state index contributed by atoms with van der Waals surface area (Å²) in [6.07, 6.45) is 0. The fourth-order valence-corrected chi connectivity index (χ4v) is 2.09. The first-order valence-corrected chi connectivity index (χ1v) is 6.84. The molecule has 0 aromatic heterocycles. The van der Waals surface area contributed by atoms with E-state index in [1.54, 1.807) is 4.90 Å². The Morgan fingerprint density at radius 2 is 1.50 bits per heavy atom. The zero-order valence-corrected chi connectivity index (χ0v) is 12.0. The molecule has 0 atom stereocenters. The maximum Gasteiger partial charge on any atom is 0.324 e. The predicted molar refractivity (Wildman–Crippen MR) is 82.8 cm³/mol. The van der Waals surface area contributed by atoms with Gasteiger partial charge < -0.3 is 4.90 Å². The molecule has 3 heteroatoms. The second-order valence-corrected chi connectivity index (χ2v) is 4.68. The summed E-state index contributed by atoms with van der Waals surface area (Å²) < 4.78 is 0. The van der Waals surface area contributed by atoms with Crippen LogP contribution in [-0.4, -0.2) is 24.5 Å². The molecule has 0 saturated heterocycles. The van der Waals surface area contributed by atoms with Gasteiger partial charge in [0.15, 0.2) is 0 Å².